The van der Waals surface area contributed by atoms with Crippen molar-refractivity contribution in [3.63, 3.8) is 0 Å². The molecule has 0 aliphatic heterocycles. The van der Waals surface area contributed by atoms with Crippen LogP contribution in [0.15, 0.2) is 42.5 Å². The van der Waals surface area contributed by atoms with Gasteiger partial charge in [-0.05, 0) is 55.1 Å². The number of hydrogen-bond donors (Lipinski definition) is 2. The van der Waals surface area contributed by atoms with Crippen molar-refractivity contribution in [3.05, 3.63) is 59.7 Å². The van der Waals surface area contributed by atoms with E-state index < -0.39 is 5.82 Å². The van der Waals surface area contributed by atoms with E-state index in [-0.39, 0.29) is 43.0 Å². The van der Waals surface area contributed by atoms with E-state index in [1.807, 2.05) is 0 Å². The molecule has 1 fully saturated rings. The van der Waals surface area contributed by atoms with Crippen LogP contribution in [0.4, 0.5) is 14.5 Å². The topological polar surface area (TPSA) is 50.4 Å². The largest absolute Gasteiger partial charge is 0.486 e. The molecule has 4 nitrogen and oxygen atoms in total. The molecule has 0 radical (unpaired) electrons. The third-order valence-corrected chi connectivity index (χ3v) is 3.91. The Morgan fingerprint density at radius 2 is 1.96 bits per heavy atom. The molecule has 26 heavy (non-hydrogen) atoms. The maximum absolute atomic E-state index is 14.1. The molecule has 7 heteroatoms. The van der Waals surface area contributed by atoms with Crippen LogP contribution in [0.1, 0.15) is 18.4 Å². The van der Waals surface area contributed by atoms with Crippen molar-refractivity contribution in [1.82, 2.24) is 5.32 Å². The Labute approximate surface area is 157 Å². The highest BCUT2D eigenvalue weighted by molar-refractivity contribution is 5.92. The number of halogens is 3. The lowest BCUT2D eigenvalue weighted by atomic mass is 10.2. The summed E-state index contributed by atoms with van der Waals surface area (Å²) in [6, 6.07) is 10.2. The number of carbonyl (C=O) groups excluding carboxylic acids is 1. The van der Waals surface area contributed by atoms with Gasteiger partial charge in [0.25, 0.3) is 0 Å². The van der Waals surface area contributed by atoms with E-state index in [0.29, 0.717) is 17.2 Å². The summed E-state index contributed by atoms with van der Waals surface area (Å²) in [7, 11) is 0. The zero-order valence-electron chi connectivity index (χ0n) is 14.1. The van der Waals surface area contributed by atoms with E-state index >= 15 is 0 Å². The van der Waals surface area contributed by atoms with Crippen LogP contribution >= 0.6 is 12.4 Å². The molecule has 1 saturated carbocycles. The quantitative estimate of drug-likeness (QED) is 0.728. The van der Waals surface area contributed by atoms with Gasteiger partial charge >= 0.3 is 0 Å². The molecular weight excluding hydrogens is 362 g/mol. The van der Waals surface area contributed by atoms with Crippen molar-refractivity contribution in [1.29, 1.82) is 0 Å². The molecule has 1 amide bonds. The van der Waals surface area contributed by atoms with Crippen LogP contribution in [0.25, 0.3) is 0 Å². The smallest absolute Gasteiger partial charge is 0.238 e. The van der Waals surface area contributed by atoms with Gasteiger partial charge in [-0.1, -0.05) is 12.1 Å². The Hall–Kier alpha value is -2.18. The molecular formula is C19H21ClF2N2O2. The Morgan fingerprint density at radius 1 is 1.15 bits per heavy atom. The first kappa shape index (κ1) is 20.1. The fourth-order valence-electron chi connectivity index (χ4n) is 2.40. The Balaban J connectivity index is 0.00000243. The monoisotopic (exact) mass is 382 g/mol. The minimum Gasteiger partial charge on any atom is -0.486 e. The molecule has 2 aromatic rings. The maximum Gasteiger partial charge on any atom is 0.238 e. The van der Waals surface area contributed by atoms with E-state index in [0.717, 1.165) is 6.54 Å². The molecule has 2 aromatic carbocycles. The third kappa shape index (κ3) is 6.28. The van der Waals surface area contributed by atoms with Crippen molar-refractivity contribution >= 4 is 24.0 Å². The standard InChI is InChI=1S/C19H20F2N2O2.ClH/c20-15-3-1-2-14(8-15)12-25-18-7-6-16(9-17(18)21)23-19(24)11-22-10-13-4-5-13;/h1-3,6-9,13,22H,4-5,10-12H2,(H,23,24);1H. The van der Waals surface area contributed by atoms with E-state index in [9.17, 15) is 13.6 Å². The first-order chi connectivity index (χ1) is 12.1. The summed E-state index contributed by atoms with van der Waals surface area (Å²) < 4.78 is 32.6. The Bertz CT molecular complexity index is 754. The molecule has 140 valence electrons. The van der Waals surface area contributed by atoms with Gasteiger partial charge in [0.2, 0.25) is 5.91 Å². The third-order valence-electron chi connectivity index (χ3n) is 3.91. The Morgan fingerprint density at radius 3 is 2.65 bits per heavy atom. The lowest BCUT2D eigenvalue weighted by Crippen LogP contribution is -2.29. The fourth-order valence-corrected chi connectivity index (χ4v) is 2.40. The van der Waals surface area contributed by atoms with Crippen molar-refractivity contribution in [3.8, 4) is 5.75 Å². The van der Waals surface area contributed by atoms with Crippen LogP contribution in [-0.2, 0) is 11.4 Å². The van der Waals surface area contributed by atoms with Gasteiger partial charge in [-0.25, -0.2) is 8.78 Å². The van der Waals surface area contributed by atoms with Gasteiger partial charge in [0.15, 0.2) is 11.6 Å². The normalized spacial score (nSPS) is 13.0. The zero-order valence-corrected chi connectivity index (χ0v) is 15.0. The predicted octanol–water partition coefficient (Wildman–Crippen LogP) is 3.90. The molecule has 0 bridgehead atoms. The highest BCUT2D eigenvalue weighted by Crippen LogP contribution is 2.27. The van der Waals surface area contributed by atoms with Crippen molar-refractivity contribution < 1.29 is 18.3 Å². The average molecular weight is 383 g/mol. The van der Waals surface area contributed by atoms with Crippen LogP contribution < -0.4 is 15.4 Å². The summed E-state index contributed by atoms with van der Waals surface area (Å²) in [6.07, 6.45) is 2.44. The van der Waals surface area contributed by atoms with E-state index in [2.05, 4.69) is 10.6 Å². The van der Waals surface area contributed by atoms with Gasteiger partial charge in [-0.2, -0.15) is 0 Å². The highest BCUT2D eigenvalue weighted by Gasteiger charge is 2.20. The van der Waals surface area contributed by atoms with E-state index in [4.69, 9.17) is 4.74 Å². The van der Waals surface area contributed by atoms with E-state index in [1.54, 1.807) is 18.2 Å². The van der Waals surface area contributed by atoms with Gasteiger partial charge < -0.3 is 15.4 Å². The van der Waals surface area contributed by atoms with Gasteiger partial charge in [-0.3, -0.25) is 4.79 Å². The lowest BCUT2D eigenvalue weighted by molar-refractivity contribution is -0.115. The molecule has 0 heterocycles. The van der Waals surface area contributed by atoms with Gasteiger partial charge in [0, 0.05) is 11.8 Å². The van der Waals surface area contributed by atoms with Crippen molar-refractivity contribution in [2.75, 3.05) is 18.4 Å². The van der Waals surface area contributed by atoms with Crippen LogP contribution in [-0.4, -0.2) is 19.0 Å². The molecule has 1 aliphatic rings. The molecule has 3 rings (SSSR count). The molecule has 0 saturated heterocycles. The first-order valence-corrected chi connectivity index (χ1v) is 8.27. The minimum atomic E-state index is -0.583. The molecule has 0 unspecified atom stereocenters. The van der Waals surface area contributed by atoms with Gasteiger partial charge in [0.1, 0.15) is 12.4 Å². The van der Waals surface area contributed by atoms with Crippen LogP contribution in [0.3, 0.4) is 0 Å². The lowest BCUT2D eigenvalue weighted by Gasteiger charge is -2.10. The first-order valence-electron chi connectivity index (χ1n) is 8.27. The second kappa shape index (κ2) is 9.50. The van der Waals surface area contributed by atoms with E-state index in [1.165, 1.54) is 37.1 Å². The predicted molar refractivity (Wildman–Crippen MR) is 98.6 cm³/mol. The summed E-state index contributed by atoms with van der Waals surface area (Å²) in [5.41, 5.74) is 0.979. The van der Waals surface area contributed by atoms with Crippen molar-refractivity contribution in [2.45, 2.75) is 19.4 Å². The number of nitrogens with one attached hydrogen (secondary N) is 2. The second-order valence-electron chi connectivity index (χ2n) is 6.19. The zero-order chi connectivity index (χ0) is 17.6. The number of benzene rings is 2. The van der Waals surface area contributed by atoms with Gasteiger partial charge in [0.05, 0.1) is 6.54 Å². The Kier molecular flexibility index (Phi) is 7.36. The highest BCUT2D eigenvalue weighted by atomic mass is 35.5. The number of rotatable bonds is 8. The summed E-state index contributed by atoms with van der Waals surface area (Å²) in [5, 5.41) is 5.71. The van der Waals surface area contributed by atoms with Crippen LogP contribution in [0, 0.1) is 17.6 Å². The minimum absolute atomic E-state index is 0. The molecule has 0 spiro atoms. The summed E-state index contributed by atoms with van der Waals surface area (Å²) in [5.74, 6) is -0.419. The SMILES string of the molecule is Cl.O=C(CNCC1CC1)Nc1ccc(OCc2cccc(F)c2)c(F)c1. The molecule has 2 N–H and O–H groups in total. The summed E-state index contributed by atoms with van der Waals surface area (Å²) in [4.78, 5) is 11.8. The fraction of sp³-hybridized carbons (Fsp3) is 0.316. The second-order valence-corrected chi connectivity index (χ2v) is 6.19. The summed E-state index contributed by atoms with van der Waals surface area (Å²) >= 11 is 0. The number of carbonyl (C=O) groups is 1. The van der Waals surface area contributed by atoms with Crippen LogP contribution in [0.5, 0.6) is 5.75 Å². The number of anilines is 1. The van der Waals surface area contributed by atoms with Gasteiger partial charge in [-0.15, -0.1) is 12.4 Å². The maximum atomic E-state index is 14.1. The number of hydrogen-bond acceptors (Lipinski definition) is 3. The summed E-state index contributed by atoms with van der Waals surface area (Å²) in [6.45, 7) is 1.11. The van der Waals surface area contributed by atoms with Crippen LogP contribution in [0.2, 0.25) is 0 Å². The number of ether oxygens (including phenoxy) is 1. The molecule has 0 atom stereocenters. The number of amides is 1. The van der Waals surface area contributed by atoms with Crippen molar-refractivity contribution in [2.24, 2.45) is 5.92 Å². The molecule has 0 aromatic heterocycles. The average Bonchev–Trinajstić information content (AvgIpc) is 3.38. The molecule has 1 aliphatic carbocycles.